The highest BCUT2D eigenvalue weighted by Crippen LogP contribution is 2.55. The predicted octanol–water partition coefficient (Wildman–Crippen LogP) is 3.40. The van der Waals surface area contributed by atoms with Gasteiger partial charge >= 0.3 is 5.97 Å². The molecule has 3 rings (SSSR count). The second-order valence-electron chi connectivity index (χ2n) is 8.23. The summed E-state index contributed by atoms with van der Waals surface area (Å²) in [7, 11) is 0. The van der Waals surface area contributed by atoms with Crippen LogP contribution in [0.25, 0.3) is 0 Å². The number of aliphatic hydroxyl groups excluding tert-OH is 1. The lowest BCUT2D eigenvalue weighted by molar-refractivity contribution is -0.184. The third kappa shape index (κ3) is 2.86. The average molecular weight is 332 g/mol. The van der Waals surface area contributed by atoms with E-state index in [2.05, 4.69) is 20.4 Å². The van der Waals surface area contributed by atoms with Gasteiger partial charge < -0.3 is 14.9 Å². The number of fused-ring (bicyclic) bond motifs is 1. The number of esters is 1. The summed E-state index contributed by atoms with van der Waals surface area (Å²) < 4.78 is 5.45. The highest BCUT2D eigenvalue weighted by Gasteiger charge is 2.55. The largest absolute Gasteiger partial charge is 0.425 e. The molecule has 2 N–H and O–H groups in total. The van der Waals surface area contributed by atoms with Gasteiger partial charge in [-0.1, -0.05) is 37.6 Å². The lowest BCUT2D eigenvalue weighted by atomic mass is 9.61. The first-order chi connectivity index (χ1) is 11.1. The molecule has 0 aromatic heterocycles. The molecule has 0 spiro atoms. The van der Waals surface area contributed by atoms with Gasteiger partial charge in [-0.25, -0.2) is 4.79 Å². The number of aliphatic hydroxyl groups is 2. The standard InChI is InChI=1S/C20H28O4/c1-12-5-6-14-7-8-16-17(19(14,3)4)20(23,24-18(16)22)11-13(2)10-15(21)9-12/h10,14-15,21,23H,1,5-9,11H2,2-4H3/b13-10+/t14-,15+,20-/m0/s1. The molecule has 0 unspecified atom stereocenters. The van der Waals surface area contributed by atoms with E-state index < -0.39 is 11.9 Å². The van der Waals surface area contributed by atoms with Crippen LogP contribution in [0, 0.1) is 11.3 Å². The third-order valence-electron chi connectivity index (χ3n) is 5.95. The van der Waals surface area contributed by atoms with Gasteiger partial charge in [0.25, 0.3) is 0 Å². The Morgan fingerprint density at radius 2 is 1.96 bits per heavy atom. The van der Waals surface area contributed by atoms with Crippen LogP contribution in [0.15, 0.2) is 34.9 Å². The van der Waals surface area contributed by atoms with Crippen LogP contribution in [0.2, 0.25) is 0 Å². The van der Waals surface area contributed by atoms with Gasteiger partial charge in [-0.05, 0) is 50.4 Å². The number of hydrogen-bond acceptors (Lipinski definition) is 4. The van der Waals surface area contributed by atoms with Gasteiger partial charge in [0.1, 0.15) is 0 Å². The summed E-state index contributed by atoms with van der Waals surface area (Å²) in [5.41, 5.74) is 2.98. The van der Waals surface area contributed by atoms with Crippen molar-refractivity contribution >= 4 is 5.97 Å². The lowest BCUT2D eigenvalue weighted by Crippen LogP contribution is -2.42. The van der Waals surface area contributed by atoms with Gasteiger partial charge in [0.05, 0.1) is 6.10 Å². The van der Waals surface area contributed by atoms with E-state index in [4.69, 9.17) is 4.74 Å². The van der Waals surface area contributed by atoms with Gasteiger partial charge in [0, 0.05) is 17.6 Å². The normalized spacial score (nSPS) is 38.8. The van der Waals surface area contributed by atoms with E-state index in [1.807, 2.05) is 6.92 Å². The minimum Gasteiger partial charge on any atom is -0.425 e. The molecule has 132 valence electrons. The molecule has 2 bridgehead atoms. The monoisotopic (exact) mass is 332 g/mol. The van der Waals surface area contributed by atoms with E-state index >= 15 is 0 Å². The van der Waals surface area contributed by atoms with Crippen molar-refractivity contribution < 1.29 is 19.7 Å². The van der Waals surface area contributed by atoms with E-state index in [9.17, 15) is 15.0 Å². The highest BCUT2D eigenvalue weighted by atomic mass is 16.7. The van der Waals surface area contributed by atoms with E-state index in [1.165, 1.54) is 0 Å². The number of hydrogen-bond donors (Lipinski definition) is 2. The van der Waals surface area contributed by atoms with Gasteiger partial charge in [0.2, 0.25) is 5.79 Å². The van der Waals surface area contributed by atoms with Crippen LogP contribution in [-0.2, 0) is 9.53 Å². The second-order valence-corrected chi connectivity index (χ2v) is 8.23. The summed E-state index contributed by atoms with van der Waals surface area (Å²) in [6.07, 6.45) is 5.26. The van der Waals surface area contributed by atoms with E-state index in [-0.39, 0.29) is 17.8 Å². The molecule has 0 aromatic rings. The quantitative estimate of drug-likeness (QED) is 0.527. The minimum absolute atomic E-state index is 0.206. The first-order valence-corrected chi connectivity index (χ1v) is 8.85. The first kappa shape index (κ1) is 17.4. The highest BCUT2D eigenvalue weighted by molar-refractivity contribution is 5.93. The fourth-order valence-corrected chi connectivity index (χ4v) is 4.84. The molecule has 24 heavy (non-hydrogen) atoms. The molecule has 2 aliphatic carbocycles. The Kier molecular flexibility index (Phi) is 4.25. The van der Waals surface area contributed by atoms with Crippen molar-refractivity contribution in [3.63, 3.8) is 0 Å². The van der Waals surface area contributed by atoms with Crippen molar-refractivity contribution in [2.75, 3.05) is 0 Å². The van der Waals surface area contributed by atoms with Crippen molar-refractivity contribution in [1.82, 2.24) is 0 Å². The van der Waals surface area contributed by atoms with Crippen molar-refractivity contribution in [1.29, 1.82) is 0 Å². The summed E-state index contributed by atoms with van der Waals surface area (Å²) >= 11 is 0. The molecular weight excluding hydrogens is 304 g/mol. The molecule has 0 amide bonds. The number of carbonyl (C=O) groups is 1. The van der Waals surface area contributed by atoms with Crippen LogP contribution >= 0.6 is 0 Å². The van der Waals surface area contributed by atoms with Crippen LogP contribution < -0.4 is 0 Å². The van der Waals surface area contributed by atoms with Crippen molar-refractivity contribution in [3.05, 3.63) is 34.9 Å². The molecule has 0 aromatic carbocycles. The van der Waals surface area contributed by atoms with Crippen molar-refractivity contribution in [2.45, 2.75) is 71.2 Å². The predicted molar refractivity (Wildman–Crippen MR) is 91.9 cm³/mol. The van der Waals surface area contributed by atoms with Crippen molar-refractivity contribution in [3.8, 4) is 0 Å². The molecule has 0 saturated carbocycles. The summed E-state index contributed by atoms with van der Waals surface area (Å²) in [6.45, 7) is 10.2. The second kappa shape index (κ2) is 5.85. The maximum atomic E-state index is 12.3. The smallest absolute Gasteiger partial charge is 0.336 e. The topological polar surface area (TPSA) is 66.8 Å². The Labute approximate surface area is 143 Å². The van der Waals surface area contributed by atoms with Crippen LogP contribution in [0.1, 0.15) is 59.3 Å². The Bertz CT molecular complexity index is 640. The SMILES string of the molecule is C=C1CC[C@H]2CCC3=C(C2(C)C)[C@](O)(C/C(C)=C/[C@H](O)C1)OC3=O. The molecule has 4 nitrogen and oxygen atoms in total. The molecule has 3 aliphatic rings. The van der Waals surface area contributed by atoms with E-state index in [0.29, 0.717) is 24.3 Å². The van der Waals surface area contributed by atoms with Gasteiger partial charge in [-0.3, -0.25) is 0 Å². The molecular formula is C20H28O4. The summed E-state index contributed by atoms with van der Waals surface area (Å²) in [4.78, 5) is 12.3. The average Bonchev–Trinajstić information content (AvgIpc) is 2.67. The zero-order valence-corrected chi connectivity index (χ0v) is 14.9. The first-order valence-electron chi connectivity index (χ1n) is 8.85. The van der Waals surface area contributed by atoms with Crippen LogP contribution in [0.5, 0.6) is 0 Å². The van der Waals surface area contributed by atoms with Crippen molar-refractivity contribution in [2.24, 2.45) is 11.3 Å². The number of ether oxygens (including phenoxy) is 1. The molecule has 1 aliphatic heterocycles. The Hall–Kier alpha value is -1.39. The van der Waals surface area contributed by atoms with Crippen LogP contribution in [0.4, 0.5) is 0 Å². The molecule has 4 heteroatoms. The van der Waals surface area contributed by atoms with E-state index in [0.717, 1.165) is 36.0 Å². The molecule has 0 radical (unpaired) electrons. The summed E-state index contributed by atoms with van der Waals surface area (Å²) in [5, 5.41) is 21.4. The Balaban J connectivity index is 2.09. The lowest BCUT2D eigenvalue weighted by Gasteiger charge is -2.44. The van der Waals surface area contributed by atoms with Gasteiger partial charge in [0.15, 0.2) is 0 Å². The third-order valence-corrected chi connectivity index (χ3v) is 5.95. The number of rotatable bonds is 0. The zero-order valence-electron chi connectivity index (χ0n) is 14.9. The minimum atomic E-state index is -1.58. The molecule has 0 saturated heterocycles. The molecule has 3 atom stereocenters. The Morgan fingerprint density at radius 1 is 1.29 bits per heavy atom. The fraction of sp³-hybridized carbons (Fsp3) is 0.650. The van der Waals surface area contributed by atoms with Gasteiger partial charge in [-0.2, -0.15) is 0 Å². The molecule has 1 heterocycles. The zero-order chi connectivity index (χ0) is 17.7. The fourth-order valence-electron chi connectivity index (χ4n) is 4.84. The van der Waals surface area contributed by atoms with E-state index in [1.54, 1.807) is 6.08 Å². The summed E-state index contributed by atoms with van der Waals surface area (Å²) in [5.74, 6) is -1.60. The maximum Gasteiger partial charge on any atom is 0.336 e. The number of carbonyl (C=O) groups excluding carboxylic acids is 1. The Morgan fingerprint density at radius 3 is 2.67 bits per heavy atom. The van der Waals surface area contributed by atoms with Crippen LogP contribution in [0.3, 0.4) is 0 Å². The maximum absolute atomic E-state index is 12.3. The van der Waals surface area contributed by atoms with Crippen LogP contribution in [-0.4, -0.2) is 28.1 Å². The van der Waals surface area contributed by atoms with Gasteiger partial charge in [-0.15, -0.1) is 0 Å². The molecule has 0 fully saturated rings. The summed E-state index contributed by atoms with van der Waals surface area (Å²) in [6, 6.07) is 0.